The second-order valence-electron chi connectivity index (χ2n) is 8.54. The molecule has 0 fully saturated rings. The fourth-order valence-electron chi connectivity index (χ4n) is 4.42. The second kappa shape index (κ2) is 9.77. The van der Waals surface area contributed by atoms with Crippen molar-refractivity contribution in [3.05, 3.63) is 95.7 Å². The predicted molar refractivity (Wildman–Crippen MR) is 139 cm³/mol. The molecule has 2 amide bonds. The Hall–Kier alpha value is -3.51. The van der Waals surface area contributed by atoms with Crippen LogP contribution in [0.5, 0.6) is 0 Å². The first-order valence-electron chi connectivity index (χ1n) is 11.5. The van der Waals surface area contributed by atoms with Crippen LogP contribution < -0.4 is 10.2 Å². The van der Waals surface area contributed by atoms with Gasteiger partial charge in [-0.15, -0.1) is 11.8 Å². The Morgan fingerprint density at radius 2 is 1.74 bits per heavy atom. The van der Waals surface area contributed by atoms with E-state index in [1.54, 1.807) is 11.8 Å². The number of aromatic nitrogens is 1. The van der Waals surface area contributed by atoms with Gasteiger partial charge in [0.1, 0.15) is 0 Å². The Morgan fingerprint density at radius 3 is 2.59 bits per heavy atom. The molecule has 34 heavy (non-hydrogen) atoms. The van der Waals surface area contributed by atoms with Gasteiger partial charge in [-0.2, -0.15) is 0 Å². The normalized spacial score (nSPS) is 12.7. The minimum Gasteiger partial charge on any atom is -0.350 e. The summed E-state index contributed by atoms with van der Waals surface area (Å²) in [4.78, 5) is 28.4. The molecular weight excluding hydrogens is 442 g/mol. The van der Waals surface area contributed by atoms with E-state index in [2.05, 4.69) is 34.3 Å². The number of thioether (sulfide) groups is 1. The highest BCUT2D eigenvalue weighted by molar-refractivity contribution is 8.00. The van der Waals surface area contributed by atoms with Crippen molar-refractivity contribution in [1.29, 1.82) is 0 Å². The predicted octanol–water partition coefficient (Wildman–Crippen LogP) is 5.06. The van der Waals surface area contributed by atoms with Gasteiger partial charge < -0.3 is 14.8 Å². The molecule has 0 unspecified atom stereocenters. The van der Waals surface area contributed by atoms with E-state index in [1.807, 2.05) is 66.4 Å². The van der Waals surface area contributed by atoms with E-state index in [-0.39, 0.29) is 11.8 Å². The summed E-state index contributed by atoms with van der Waals surface area (Å²) in [7, 11) is 0. The van der Waals surface area contributed by atoms with Crippen molar-refractivity contribution in [2.75, 3.05) is 23.7 Å². The lowest BCUT2D eigenvalue weighted by molar-refractivity contribution is -0.116. The zero-order valence-corrected chi connectivity index (χ0v) is 20.0. The highest BCUT2D eigenvalue weighted by atomic mass is 32.2. The molecule has 6 heteroatoms. The van der Waals surface area contributed by atoms with Crippen molar-refractivity contribution < 1.29 is 9.59 Å². The summed E-state index contributed by atoms with van der Waals surface area (Å²) < 4.78 is 2.16. The van der Waals surface area contributed by atoms with E-state index < -0.39 is 0 Å². The fraction of sp³-hybridized carbons (Fsp3) is 0.214. The number of aryl methyl sites for hydroxylation is 1. The molecule has 1 N–H and O–H groups in total. The second-order valence-corrected chi connectivity index (χ2v) is 9.56. The summed E-state index contributed by atoms with van der Waals surface area (Å²) in [5.74, 6) is 0.464. The molecule has 172 valence electrons. The highest BCUT2D eigenvalue weighted by Crippen LogP contribution is 2.32. The Labute approximate surface area is 203 Å². The molecule has 0 aliphatic carbocycles. The SMILES string of the molecule is Cc1ccc(C(=O)NCCn2cc(SCC(=O)N3CCc4ccccc43)c3ccccc32)cc1. The number of benzene rings is 3. The first-order valence-corrected chi connectivity index (χ1v) is 12.5. The van der Waals surface area contributed by atoms with Gasteiger partial charge in [0.25, 0.3) is 5.91 Å². The lowest BCUT2D eigenvalue weighted by atomic mass is 10.1. The number of hydrogen-bond acceptors (Lipinski definition) is 3. The summed E-state index contributed by atoms with van der Waals surface area (Å²) in [5, 5.41) is 4.14. The molecule has 5 rings (SSSR count). The zero-order valence-electron chi connectivity index (χ0n) is 19.2. The maximum Gasteiger partial charge on any atom is 0.251 e. The Bertz CT molecular complexity index is 1340. The topological polar surface area (TPSA) is 54.3 Å². The molecule has 2 heterocycles. The van der Waals surface area contributed by atoms with Crippen LogP contribution in [0.3, 0.4) is 0 Å². The van der Waals surface area contributed by atoms with Crippen molar-refractivity contribution in [3.8, 4) is 0 Å². The minimum atomic E-state index is -0.0671. The molecule has 1 aromatic heterocycles. The van der Waals surface area contributed by atoms with E-state index in [0.717, 1.165) is 40.0 Å². The zero-order chi connectivity index (χ0) is 23.5. The van der Waals surface area contributed by atoms with Crippen molar-refractivity contribution >= 4 is 40.2 Å². The van der Waals surface area contributed by atoms with Crippen LogP contribution in [-0.4, -0.2) is 35.2 Å². The fourth-order valence-corrected chi connectivity index (χ4v) is 5.39. The number of rotatable bonds is 7. The van der Waals surface area contributed by atoms with Crippen molar-refractivity contribution in [1.82, 2.24) is 9.88 Å². The van der Waals surface area contributed by atoms with Gasteiger partial charge in [-0.1, -0.05) is 54.1 Å². The number of hydrogen-bond donors (Lipinski definition) is 1. The van der Waals surface area contributed by atoms with Gasteiger partial charge in [0.15, 0.2) is 0 Å². The molecular formula is C28H27N3O2S. The minimum absolute atomic E-state index is 0.0671. The third-order valence-corrected chi connectivity index (χ3v) is 7.27. The maximum absolute atomic E-state index is 13.0. The van der Waals surface area contributed by atoms with Crippen LogP contribution in [0.4, 0.5) is 5.69 Å². The van der Waals surface area contributed by atoms with Crippen molar-refractivity contribution in [2.24, 2.45) is 0 Å². The Balaban J connectivity index is 1.24. The van der Waals surface area contributed by atoms with E-state index in [4.69, 9.17) is 0 Å². The molecule has 0 saturated carbocycles. The number of carbonyl (C=O) groups is 2. The summed E-state index contributed by atoms with van der Waals surface area (Å²) in [6.45, 7) is 3.94. The molecule has 0 atom stereocenters. The lowest BCUT2D eigenvalue weighted by Crippen LogP contribution is -2.30. The number of para-hydroxylation sites is 2. The number of nitrogens with one attached hydrogen (secondary N) is 1. The molecule has 0 radical (unpaired) electrons. The van der Waals surface area contributed by atoms with Crippen LogP contribution >= 0.6 is 11.8 Å². The molecule has 0 saturated heterocycles. The monoisotopic (exact) mass is 469 g/mol. The molecule has 0 spiro atoms. The van der Waals surface area contributed by atoms with Crippen LogP contribution in [0.25, 0.3) is 10.9 Å². The molecule has 1 aliphatic heterocycles. The first-order chi connectivity index (χ1) is 16.6. The van der Waals surface area contributed by atoms with Crippen LogP contribution in [0, 0.1) is 6.92 Å². The lowest BCUT2D eigenvalue weighted by Gasteiger charge is -2.16. The van der Waals surface area contributed by atoms with Crippen LogP contribution in [0.2, 0.25) is 0 Å². The molecule has 4 aromatic rings. The van der Waals surface area contributed by atoms with Gasteiger partial charge in [-0.25, -0.2) is 0 Å². The van der Waals surface area contributed by atoms with E-state index in [0.29, 0.717) is 24.4 Å². The van der Waals surface area contributed by atoms with Gasteiger partial charge in [0.2, 0.25) is 5.91 Å². The van der Waals surface area contributed by atoms with Crippen molar-refractivity contribution in [2.45, 2.75) is 24.8 Å². The average molecular weight is 470 g/mol. The smallest absolute Gasteiger partial charge is 0.251 e. The van der Waals surface area contributed by atoms with Gasteiger partial charge in [-0.05, 0) is 43.2 Å². The van der Waals surface area contributed by atoms with Crippen LogP contribution in [0.15, 0.2) is 83.9 Å². The van der Waals surface area contributed by atoms with Crippen molar-refractivity contribution in [3.63, 3.8) is 0 Å². The standard InChI is InChI=1S/C28H27N3O2S/c1-20-10-12-22(13-11-20)28(33)29-15-17-30-18-26(23-7-3-5-9-25(23)30)34-19-27(32)31-16-14-21-6-2-4-8-24(21)31/h2-13,18H,14-17,19H2,1H3,(H,29,33). The molecule has 3 aromatic carbocycles. The Kier molecular flexibility index (Phi) is 6.41. The summed E-state index contributed by atoms with van der Waals surface area (Å²) in [6.07, 6.45) is 3.01. The first kappa shape index (κ1) is 22.3. The van der Waals surface area contributed by atoms with E-state index in [9.17, 15) is 9.59 Å². The number of amides is 2. The summed E-state index contributed by atoms with van der Waals surface area (Å²) in [6, 6.07) is 23.9. The number of anilines is 1. The number of nitrogens with zero attached hydrogens (tertiary/aromatic N) is 2. The summed E-state index contributed by atoms with van der Waals surface area (Å²) in [5.41, 5.74) is 5.19. The average Bonchev–Trinajstić information content (AvgIpc) is 3.45. The van der Waals surface area contributed by atoms with Gasteiger partial charge in [0.05, 0.1) is 5.75 Å². The quantitative estimate of drug-likeness (QED) is 0.385. The molecule has 1 aliphatic rings. The largest absolute Gasteiger partial charge is 0.350 e. The maximum atomic E-state index is 13.0. The van der Waals surface area contributed by atoms with Gasteiger partial charge in [0, 0.05) is 52.9 Å². The number of fused-ring (bicyclic) bond motifs is 2. The van der Waals surface area contributed by atoms with Crippen LogP contribution in [0.1, 0.15) is 21.5 Å². The third-order valence-electron chi connectivity index (χ3n) is 6.24. The van der Waals surface area contributed by atoms with E-state index in [1.165, 1.54) is 5.56 Å². The van der Waals surface area contributed by atoms with Crippen LogP contribution in [-0.2, 0) is 17.8 Å². The summed E-state index contributed by atoms with van der Waals surface area (Å²) >= 11 is 1.58. The third kappa shape index (κ3) is 4.59. The molecule has 5 nitrogen and oxygen atoms in total. The van der Waals surface area contributed by atoms with Gasteiger partial charge in [-0.3, -0.25) is 9.59 Å². The van der Waals surface area contributed by atoms with Gasteiger partial charge >= 0.3 is 0 Å². The Morgan fingerprint density at radius 1 is 0.971 bits per heavy atom. The number of carbonyl (C=O) groups excluding carboxylic acids is 2. The molecule has 0 bridgehead atoms. The van der Waals surface area contributed by atoms with E-state index >= 15 is 0 Å². The highest BCUT2D eigenvalue weighted by Gasteiger charge is 2.24.